The molecule has 0 aliphatic carbocycles. The third-order valence-corrected chi connectivity index (χ3v) is 3.65. The minimum atomic E-state index is -0.611. The van der Waals surface area contributed by atoms with Crippen LogP contribution in [0.1, 0.15) is 24.9 Å². The minimum Gasteiger partial charge on any atom is -0.455 e. The largest absolute Gasteiger partial charge is 0.455 e. The van der Waals surface area contributed by atoms with Gasteiger partial charge in [-0.25, -0.2) is 4.98 Å². The molecular formula is C18H18ClN3O4. The summed E-state index contributed by atoms with van der Waals surface area (Å²) in [4.78, 5) is 39.1. The Hall–Kier alpha value is -2.93. The summed E-state index contributed by atoms with van der Waals surface area (Å²) in [5.74, 6) is -1.42. The van der Waals surface area contributed by atoms with E-state index in [1.165, 1.54) is 13.1 Å². The van der Waals surface area contributed by atoms with Crippen LogP contribution in [0.25, 0.3) is 0 Å². The van der Waals surface area contributed by atoms with Gasteiger partial charge in [0.2, 0.25) is 5.91 Å². The first-order valence-corrected chi connectivity index (χ1v) is 8.21. The van der Waals surface area contributed by atoms with Gasteiger partial charge in [-0.3, -0.25) is 14.4 Å². The van der Waals surface area contributed by atoms with Crippen LogP contribution in [0.2, 0.25) is 5.15 Å². The first-order valence-electron chi connectivity index (χ1n) is 7.83. The van der Waals surface area contributed by atoms with Crippen LogP contribution in [0.5, 0.6) is 0 Å². The van der Waals surface area contributed by atoms with Gasteiger partial charge in [0.25, 0.3) is 5.91 Å². The Morgan fingerprint density at radius 3 is 2.54 bits per heavy atom. The van der Waals surface area contributed by atoms with Gasteiger partial charge >= 0.3 is 5.97 Å². The molecule has 2 N–H and O–H groups in total. The molecular weight excluding hydrogens is 358 g/mol. The first kappa shape index (κ1) is 19.4. The molecule has 1 aromatic heterocycles. The van der Waals surface area contributed by atoms with Crippen molar-refractivity contribution in [1.82, 2.24) is 10.3 Å². The van der Waals surface area contributed by atoms with Crippen molar-refractivity contribution in [3.05, 3.63) is 59.4 Å². The molecule has 26 heavy (non-hydrogen) atoms. The molecule has 0 radical (unpaired) electrons. The Morgan fingerprint density at radius 1 is 1.15 bits per heavy atom. The van der Waals surface area contributed by atoms with E-state index in [1.54, 1.807) is 36.4 Å². The fourth-order valence-corrected chi connectivity index (χ4v) is 2.39. The summed E-state index contributed by atoms with van der Waals surface area (Å²) in [6, 6.07) is 11.7. The monoisotopic (exact) mass is 375 g/mol. The van der Waals surface area contributed by atoms with E-state index < -0.39 is 24.5 Å². The van der Waals surface area contributed by atoms with E-state index >= 15 is 0 Å². The fourth-order valence-electron chi connectivity index (χ4n) is 2.22. The Kier molecular flexibility index (Phi) is 7.11. The van der Waals surface area contributed by atoms with E-state index in [0.29, 0.717) is 5.69 Å². The SMILES string of the molecule is CC(=O)N[C@@H](CC(=O)OCC(=O)Nc1cccnc1Cl)c1ccccc1. The normalized spacial score (nSPS) is 11.3. The number of pyridine rings is 1. The summed E-state index contributed by atoms with van der Waals surface area (Å²) in [5, 5.41) is 5.34. The van der Waals surface area contributed by atoms with Crippen LogP contribution in [-0.4, -0.2) is 29.4 Å². The minimum absolute atomic E-state index is 0.0927. The number of hydrogen-bond acceptors (Lipinski definition) is 5. The molecule has 7 nitrogen and oxygen atoms in total. The fraction of sp³-hybridized carbons (Fsp3) is 0.222. The van der Waals surface area contributed by atoms with Crippen molar-refractivity contribution in [3.63, 3.8) is 0 Å². The van der Waals surface area contributed by atoms with Crippen LogP contribution in [-0.2, 0) is 19.1 Å². The molecule has 1 aromatic carbocycles. The van der Waals surface area contributed by atoms with E-state index in [2.05, 4.69) is 15.6 Å². The average molecular weight is 376 g/mol. The number of esters is 1. The number of benzene rings is 1. The molecule has 0 bridgehead atoms. The van der Waals surface area contributed by atoms with Crippen LogP contribution in [0, 0.1) is 0 Å². The highest BCUT2D eigenvalue weighted by atomic mass is 35.5. The van der Waals surface area contributed by atoms with Crippen LogP contribution in [0.15, 0.2) is 48.7 Å². The molecule has 136 valence electrons. The lowest BCUT2D eigenvalue weighted by Crippen LogP contribution is -2.29. The highest BCUT2D eigenvalue weighted by Gasteiger charge is 2.19. The molecule has 0 aliphatic heterocycles. The number of anilines is 1. The van der Waals surface area contributed by atoms with Gasteiger partial charge in [-0.15, -0.1) is 0 Å². The van der Waals surface area contributed by atoms with Crippen molar-refractivity contribution in [3.8, 4) is 0 Å². The second-order valence-corrected chi connectivity index (χ2v) is 5.78. The van der Waals surface area contributed by atoms with E-state index in [9.17, 15) is 14.4 Å². The molecule has 8 heteroatoms. The van der Waals surface area contributed by atoms with Crippen molar-refractivity contribution in [2.75, 3.05) is 11.9 Å². The summed E-state index contributed by atoms with van der Waals surface area (Å²) in [6.45, 7) is 0.901. The third-order valence-electron chi connectivity index (χ3n) is 3.35. The van der Waals surface area contributed by atoms with Gasteiger partial charge in [-0.2, -0.15) is 0 Å². The Bertz CT molecular complexity index is 783. The van der Waals surface area contributed by atoms with Gasteiger partial charge in [-0.05, 0) is 17.7 Å². The summed E-state index contributed by atoms with van der Waals surface area (Å²) in [7, 11) is 0. The zero-order chi connectivity index (χ0) is 18.9. The topological polar surface area (TPSA) is 97.4 Å². The average Bonchev–Trinajstić information content (AvgIpc) is 2.62. The molecule has 0 aliphatic rings. The quantitative estimate of drug-likeness (QED) is 0.572. The molecule has 1 atom stereocenters. The van der Waals surface area contributed by atoms with Gasteiger partial charge in [-0.1, -0.05) is 41.9 Å². The van der Waals surface area contributed by atoms with Crippen LogP contribution in [0.4, 0.5) is 5.69 Å². The number of rotatable bonds is 7. The van der Waals surface area contributed by atoms with E-state index in [4.69, 9.17) is 16.3 Å². The van der Waals surface area contributed by atoms with Gasteiger partial charge in [0.05, 0.1) is 18.2 Å². The molecule has 0 unspecified atom stereocenters. The highest BCUT2D eigenvalue weighted by molar-refractivity contribution is 6.32. The number of hydrogen-bond donors (Lipinski definition) is 2. The predicted octanol–water partition coefficient (Wildman–Crippen LogP) is 2.48. The number of halogens is 1. The van der Waals surface area contributed by atoms with Gasteiger partial charge < -0.3 is 15.4 Å². The van der Waals surface area contributed by atoms with Crippen LogP contribution >= 0.6 is 11.6 Å². The summed E-state index contributed by atoms with van der Waals surface area (Å²) < 4.78 is 4.98. The smallest absolute Gasteiger partial charge is 0.308 e. The zero-order valence-corrected chi connectivity index (χ0v) is 14.8. The Labute approximate surface area is 155 Å². The maximum Gasteiger partial charge on any atom is 0.308 e. The molecule has 0 spiro atoms. The summed E-state index contributed by atoms with van der Waals surface area (Å²) in [5.41, 5.74) is 1.10. The molecule has 0 saturated carbocycles. The second kappa shape index (κ2) is 9.53. The number of carbonyl (C=O) groups excluding carboxylic acids is 3. The van der Waals surface area contributed by atoms with Crippen molar-refractivity contribution in [2.24, 2.45) is 0 Å². The predicted molar refractivity (Wildman–Crippen MR) is 96.5 cm³/mol. The van der Waals surface area contributed by atoms with Crippen LogP contribution < -0.4 is 10.6 Å². The first-order chi connectivity index (χ1) is 12.5. The lowest BCUT2D eigenvalue weighted by molar-refractivity contribution is -0.148. The standard InChI is InChI=1S/C18H18ClN3O4/c1-12(23)21-15(13-6-3-2-4-7-13)10-17(25)26-11-16(24)22-14-8-5-9-20-18(14)19/h2-9,15H,10-11H2,1H3,(H,21,23)(H,22,24)/t15-/m0/s1. The van der Waals surface area contributed by atoms with E-state index in [0.717, 1.165) is 5.56 Å². The Balaban J connectivity index is 1.88. The molecule has 1 heterocycles. The molecule has 0 fully saturated rings. The van der Waals surface area contributed by atoms with Crippen molar-refractivity contribution in [1.29, 1.82) is 0 Å². The number of aromatic nitrogens is 1. The molecule has 0 saturated heterocycles. The number of nitrogens with zero attached hydrogens (tertiary/aromatic N) is 1. The van der Waals surface area contributed by atoms with Crippen molar-refractivity contribution in [2.45, 2.75) is 19.4 Å². The third kappa shape index (κ3) is 6.18. The number of amides is 2. The maximum absolute atomic E-state index is 12.0. The van der Waals surface area contributed by atoms with Gasteiger partial charge in [0.15, 0.2) is 11.8 Å². The lowest BCUT2D eigenvalue weighted by Gasteiger charge is -2.17. The zero-order valence-electron chi connectivity index (χ0n) is 14.1. The number of ether oxygens (including phenoxy) is 1. The van der Waals surface area contributed by atoms with Crippen LogP contribution in [0.3, 0.4) is 0 Å². The summed E-state index contributed by atoms with van der Waals surface area (Å²) in [6.07, 6.45) is 1.40. The number of nitrogens with one attached hydrogen (secondary N) is 2. The Morgan fingerprint density at radius 2 is 1.88 bits per heavy atom. The molecule has 2 amide bonds. The van der Waals surface area contributed by atoms with E-state index in [1.807, 2.05) is 6.07 Å². The number of carbonyl (C=O) groups is 3. The van der Waals surface area contributed by atoms with Gasteiger partial charge in [0, 0.05) is 13.1 Å². The van der Waals surface area contributed by atoms with Gasteiger partial charge in [0.1, 0.15) is 0 Å². The molecule has 2 rings (SSSR count). The highest BCUT2D eigenvalue weighted by Crippen LogP contribution is 2.18. The second-order valence-electron chi connectivity index (χ2n) is 5.42. The molecule has 2 aromatic rings. The van der Waals surface area contributed by atoms with Crippen molar-refractivity contribution >= 4 is 35.1 Å². The van der Waals surface area contributed by atoms with Crippen molar-refractivity contribution < 1.29 is 19.1 Å². The lowest BCUT2D eigenvalue weighted by atomic mass is 10.0. The summed E-state index contributed by atoms with van der Waals surface area (Å²) >= 11 is 5.84. The maximum atomic E-state index is 12.0. The van der Waals surface area contributed by atoms with E-state index in [-0.39, 0.29) is 17.5 Å².